The van der Waals surface area contributed by atoms with Crippen molar-refractivity contribution >= 4 is 27.5 Å². The Hall–Kier alpha value is -2.28. The fourth-order valence-corrected chi connectivity index (χ4v) is 4.25. The molecule has 2 heterocycles. The van der Waals surface area contributed by atoms with Crippen LogP contribution in [0.15, 0.2) is 18.5 Å². The fourth-order valence-electron chi connectivity index (χ4n) is 2.68. The third-order valence-corrected chi connectivity index (χ3v) is 6.29. The number of ether oxygens (including phenoxy) is 2. The molecular formula is C15H19ClN6O5S. The summed E-state index contributed by atoms with van der Waals surface area (Å²) in [6.45, 7) is 1.33. The second kappa shape index (κ2) is 8.82. The number of methoxy groups -OCH3 is 1. The van der Waals surface area contributed by atoms with Crippen molar-refractivity contribution in [3.8, 4) is 11.4 Å². The topological polar surface area (TPSA) is 129 Å². The molecule has 1 aromatic carbocycles. The Morgan fingerprint density at radius 2 is 2.11 bits per heavy atom. The number of sulfonamides is 1. The summed E-state index contributed by atoms with van der Waals surface area (Å²) in [6, 6.07) is 2.95. The van der Waals surface area contributed by atoms with Crippen LogP contribution < -0.4 is 10.1 Å². The van der Waals surface area contributed by atoms with Crippen molar-refractivity contribution in [2.45, 2.75) is 0 Å². The van der Waals surface area contributed by atoms with Gasteiger partial charge >= 0.3 is 0 Å². The minimum atomic E-state index is -3.47. The Morgan fingerprint density at radius 1 is 1.36 bits per heavy atom. The van der Waals surface area contributed by atoms with E-state index in [0.29, 0.717) is 32.0 Å². The Bertz CT molecular complexity index is 931. The number of tetrazole rings is 1. The molecule has 1 amide bonds. The van der Waals surface area contributed by atoms with Gasteiger partial charge in [0, 0.05) is 25.7 Å². The first kappa shape index (κ1) is 20.5. The summed E-state index contributed by atoms with van der Waals surface area (Å²) in [5, 5.41) is 13.7. The molecule has 0 atom stereocenters. The molecule has 1 saturated heterocycles. The van der Waals surface area contributed by atoms with Crippen molar-refractivity contribution in [2.24, 2.45) is 0 Å². The van der Waals surface area contributed by atoms with Crippen molar-refractivity contribution in [1.82, 2.24) is 29.8 Å². The van der Waals surface area contributed by atoms with E-state index in [1.54, 1.807) is 0 Å². The highest BCUT2D eigenvalue weighted by Crippen LogP contribution is 2.29. The van der Waals surface area contributed by atoms with Crippen LogP contribution in [0.2, 0.25) is 5.02 Å². The zero-order chi connectivity index (χ0) is 20.1. The lowest BCUT2D eigenvalue weighted by Crippen LogP contribution is -2.43. The largest absolute Gasteiger partial charge is 0.496 e. The first-order valence-electron chi connectivity index (χ1n) is 8.37. The highest BCUT2D eigenvalue weighted by molar-refractivity contribution is 7.89. The van der Waals surface area contributed by atoms with Gasteiger partial charge in [-0.2, -0.15) is 8.99 Å². The van der Waals surface area contributed by atoms with Crippen LogP contribution in [0, 0.1) is 0 Å². The molecule has 1 fully saturated rings. The number of benzene rings is 1. The molecule has 0 unspecified atom stereocenters. The maximum Gasteiger partial charge on any atom is 0.255 e. The minimum Gasteiger partial charge on any atom is -0.496 e. The van der Waals surface area contributed by atoms with Crippen LogP contribution in [0.4, 0.5) is 0 Å². The summed E-state index contributed by atoms with van der Waals surface area (Å²) >= 11 is 6.24. The number of halogens is 1. The molecule has 28 heavy (non-hydrogen) atoms. The Kier molecular flexibility index (Phi) is 6.44. The third-order valence-electron chi connectivity index (χ3n) is 4.12. The van der Waals surface area contributed by atoms with E-state index in [0.717, 1.165) is 0 Å². The number of amides is 1. The van der Waals surface area contributed by atoms with Gasteiger partial charge < -0.3 is 14.8 Å². The molecule has 13 heteroatoms. The number of hydrogen-bond acceptors (Lipinski definition) is 8. The second-order valence-corrected chi connectivity index (χ2v) is 8.34. The van der Waals surface area contributed by atoms with E-state index in [9.17, 15) is 13.2 Å². The Balaban J connectivity index is 1.68. The van der Waals surface area contributed by atoms with Crippen LogP contribution >= 0.6 is 11.6 Å². The van der Waals surface area contributed by atoms with E-state index in [2.05, 4.69) is 20.8 Å². The summed E-state index contributed by atoms with van der Waals surface area (Å²) in [5.74, 6) is -0.458. The van der Waals surface area contributed by atoms with E-state index in [-0.39, 0.29) is 28.6 Å². The van der Waals surface area contributed by atoms with Crippen LogP contribution in [-0.4, -0.2) is 84.5 Å². The predicted octanol–water partition coefficient (Wildman–Crippen LogP) is -0.284. The van der Waals surface area contributed by atoms with E-state index < -0.39 is 15.9 Å². The van der Waals surface area contributed by atoms with Crippen molar-refractivity contribution in [2.75, 3.05) is 45.7 Å². The monoisotopic (exact) mass is 430 g/mol. The second-order valence-electron chi connectivity index (χ2n) is 5.84. The number of hydrogen-bond donors (Lipinski definition) is 1. The molecule has 1 aliphatic heterocycles. The van der Waals surface area contributed by atoms with Gasteiger partial charge in [0.05, 0.1) is 42.3 Å². The van der Waals surface area contributed by atoms with Gasteiger partial charge in [-0.15, -0.1) is 5.10 Å². The van der Waals surface area contributed by atoms with Gasteiger partial charge in [0.2, 0.25) is 10.0 Å². The van der Waals surface area contributed by atoms with Crippen molar-refractivity contribution < 1.29 is 22.7 Å². The zero-order valence-corrected chi connectivity index (χ0v) is 16.6. The lowest BCUT2D eigenvalue weighted by Gasteiger charge is -2.26. The number of nitrogens with one attached hydrogen (secondary N) is 1. The van der Waals surface area contributed by atoms with Crippen LogP contribution in [0.1, 0.15) is 10.4 Å². The first-order chi connectivity index (χ1) is 13.4. The van der Waals surface area contributed by atoms with Crippen molar-refractivity contribution in [3.63, 3.8) is 0 Å². The molecule has 11 nitrogen and oxygen atoms in total. The molecule has 1 aromatic heterocycles. The van der Waals surface area contributed by atoms with E-state index in [1.807, 2.05) is 0 Å². The predicted molar refractivity (Wildman–Crippen MR) is 99.2 cm³/mol. The minimum absolute atomic E-state index is 0.0476. The lowest BCUT2D eigenvalue weighted by molar-refractivity contribution is 0.0730. The number of rotatable bonds is 7. The van der Waals surface area contributed by atoms with E-state index in [4.69, 9.17) is 21.1 Å². The highest BCUT2D eigenvalue weighted by Gasteiger charge is 2.24. The molecular weight excluding hydrogens is 412 g/mol. The number of nitrogens with zero attached hydrogens (tertiary/aromatic N) is 5. The lowest BCUT2D eigenvalue weighted by atomic mass is 10.1. The average molecular weight is 431 g/mol. The zero-order valence-electron chi connectivity index (χ0n) is 15.0. The van der Waals surface area contributed by atoms with Crippen LogP contribution in [-0.2, 0) is 14.8 Å². The van der Waals surface area contributed by atoms with Gasteiger partial charge in [0.25, 0.3) is 5.91 Å². The molecule has 0 bridgehead atoms. The van der Waals surface area contributed by atoms with Gasteiger partial charge in [-0.1, -0.05) is 11.6 Å². The molecule has 0 radical (unpaired) electrons. The van der Waals surface area contributed by atoms with Gasteiger partial charge in [0.15, 0.2) is 0 Å². The average Bonchev–Trinajstić information content (AvgIpc) is 3.22. The van der Waals surface area contributed by atoms with Gasteiger partial charge in [0.1, 0.15) is 12.1 Å². The summed E-state index contributed by atoms with van der Waals surface area (Å²) in [4.78, 5) is 12.5. The Labute approximate surface area is 166 Å². The molecule has 3 rings (SSSR count). The molecule has 0 spiro atoms. The highest BCUT2D eigenvalue weighted by atomic mass is 35.5. The van der Waals surface area contributed by atoms with Gasteiger partial charge in [-0.25, -0.2) is 8.42 Å². The van der Waals surface area contributed by atoms with E-state index in [1.165, 1.54) is 34.6 Å². The summed E-state index contributed by atoms with van der Waals surface area (Å²) < 4.78 is 37.7. The van der Waals surface area contributed by atoms with Crippen LogP contribution in [0.25, 0.3) is 5.69 Å². The number of morpholine rings is 1. The van der Waals surface area contributed by atoms with Crippen LogP contribution in [0.3, 0.4) is 0 Å². The third kappa shape index (κ3) is 4.58. The first-order valence-corrected chi connectivity index (χ1v) is 10.4. The fraction of sp³-hybridized carbons (Fsp3) is 0.467. The molecule has 152 valence electrons. The summed E-state index contributed by atoms with van der Waals surface area (Å²) in [5.41, 5.74) is 0.614. The maximum atomic E-state index is 12.5. The number of carbonyl (C=O) groups is 1. The maximum absolute atomic E-state index is 12.5. The summed E-state index contributed by atoms with van der Waals surface area (Å²) in [6.07, 6.45) is 1.36. The van der Waals surface area contributed by atoms with Crippen LogP contribution in [0.5, 0.6) is 5.75 Å². The smallest absolute Gasteiger partial charge is 0.255 e. The molecule has 2 aromatic rings. The molecule has 0 aliphatic carbocycles. The van der Waals surface area contributed by atoms with Gasteiger partial charge in [-0.05, 0) is 16.5 Å². The number of carbonyl (C=O) groups excluding carboxylic acids is 1. The Morgan fingerprint density at radius 3 is 2.75 bits per heavy atom. The quantitative estimate of drug-likeness (QED) is 0.634. The van der Waals surface area contributed by atoms with E-state index >= 15 is 0 Å². The molecule has 0 saturated carbocycles. The molecule has 1 aliphatic rings. The normalized spacial score (nSPS) is 15.4. The standard InChI is InChI=1S/C15H19ClN6O5S/c1-26-14-9-13(22-10-18-19-20-22)12(16)8-11(14)15(23)17-2-7-28(24,25)21-3-5-27-6-4-21/h8-10H,2-7H2,1H3,(H,17,23). The molecule has 1 N–H and O–H groups in total. The summed E-state index contributed by atoms with van der Waals surface area (Å²) in [7, 11) is -2.06. The van der Waals surface area contributed by atoms with Gasteiger partial charge in [-0.3, -0.25) is 4.79 Å². The number of aromatic nitrogens is 4. The van der Waals surface area contributed by atoms with Crippen molar-refractivity contribution in [1.29, 1.82) is 0 Å². The van der Waals surface area contributed by atoms with Crippen molar-refractivity contribution in [3.05, 3.63) is 29.0 Å². The SMILES string of the molecule is COc1cc(-n2cnnn2)c(Cl)cc1C(=O)NCCS(=O)(=O)N1CCOCC1.